The molecule has 2 aromatic heterocycles. The van der Waals surface area contributed by atoms with Crippen molar-refractivity contribution in [2.45, 2.75) is 19.3 Å². The van der Waals surface area contributed by atoms with Crippen molar-refractivity contribution >= 4 is 54.4 Å². The van der Waals surface area contributed by atoms with Crippen LogP contribution in [0.25, 0.3) is 99.1 Å². The molecular formula is C55H38N2. The number of rotatable bonds is 4. The van der Waals surface area contributed by atoms with E-state index in [0.29, 0.717) is 0 Å². The van der Waals surface area contributed by atoms with Crippen LogP contribution in [0.3, 0.4) is 0 Å². The van der Waals surface area contributed by atoms with Crippen LogP contribution in [0.2, 0.25) is 0 Å². The lowest BCUT2D eigenvalue weighted by atomic mass is 9.82. The van der Waals surface area contributed by atoms with E-state index in [1.165, 1.54) is 105 Å². The first-order valence-corrected chi connectivity index (χ1v) is 19.9. The first kappa shape index (κ1) is 32.1. The van der Waals surface area contributed by atoms with Gasteiger partial charge >= 0.3 is 0 Å². The highest BCUT2D eigenvalue weighted by atomic mass is 15.0. The molecule has 0 saturated heterocycles. The van der Waals surface area contributed by atoms with Crippen molar-refractivity contribution in [1.29, 1.82) is 0 Å². The van der Waals surface area contributed by atoms with E-state index in [-0.39, 0.29) is 5.41 Å². The summed E-state index contributed by atoms with van der Waals surface area (Å²) in [4.78, 5) is 0. The van der Waals surface area contributed by atoms with Crippen molar-refractivity contribution in [3.05, 3.63) is 205 Å². The van der Waals surface area contributed by atoms with Crippen LogP contribution < -0.4 is 0 Å². The van der Waals surface area contributed by atoms with E-state index in [2.05, 4.69) is 217 Å². The highest BCUT2D eigenvalue weighted by Gasteiger charge is 2.36. The van der Waals surface area contributed by atoms with E-state index in [0.717, 1.165) is 5.69 Å². The lowest BCUT2D eigenvalue weighted by molar-refractivity contribution is 0.661. The normalized spacial score (nSPS) is 13.2. The second-order valence-corrected chi connectivity index (χ2v) is 16.1. The van der Waals surface area contributed by atoms with Gasteiger partial charge in [0.05, 0.1) is 27.8 Å². The van der Waals surface area contributed by atoms with E-state index in [4.69, 9.17) is 0 Å². The van der Waals surface area contributed by atoms with Gasteiger partial charge in [0.25, 0.3) is 0 Å². The van der Waals surface area contributed by atoms with Crippen molar-refractivity contribution in [2.24, 2.45) is 0 Å². The SMILES string of the molecule is CC1(C)c2ccccc2-c2cc3c(cc21)c1cc(-c2ccc4c(c2)c2ccccc2n4-c2ccc(-c4ccccc4)cc2)ccc1n3-c1cccc2ccccc12. The molecule has 2 nitrogen and oxygen atoms in total. The molecule has 0 aliphatic heterocycles. The van der Waals surface area contributed by atoms with Crippen LogP contribution in [-0.2, 0) is 5.41 Å². The van der Waals surface area contributed by atoms with Crippen LogP contribution in [-0.4, -0.2) is 9.13 Å². The van der Waals surface area contributed by atoms with Gasteiger partial charge in [0.2, 0.25) is 0 Å². The predicted molar refractivity (Wildman–Crippen MR) is 241 cm³/mol. The highest BCUT2D eigenvalue weighted by molar-refractivity contribution is 6.14. The Bertz CT molecular complexity index is 3410. The number of aromatic nitrogens is 2. The first-order valence-electron chi connectivity index (χ1n) is 19.9. The third-order valence-corrected chi connectivity index (χ3v) is 12.7. The van der Waals surface area contributed by atoms with Crippen LogP contribution in [0.4, 0.5) is 0 Å². The topological polar surface area (TPSA) is 9.86 Å². The Balaban J connectivity index is 1.07. The third-order valence-electron chi connectivity index (χ3n) is 12.7. The summed E-state index contributed by atoms with van der Waals surface area (Å²) >= 11 is 0. The zero-order valence-corrected chi connectivity index (χ0v) is 31.9. The van der Waals surface area contributed by atoms with Gasteiger partial charge in [0.1, 0.15) is 0 Å². The van der Waals surface area contributed by atoms with Crippen molar-refractivity contribution in [2.75, 3.05) is 0 Å². The molecule has 0 radical (unpaired) electrons. The number of benzene rings is 9. The average Bonchev–Trinajstić information content (AvgIpc) is 3.85. The van der Waals surface area contributed by atoms with E-state index >= 15 is 0 Å². The van der Waals surface area contributed by atoms with E-state index in [1.807, 2.05) is 0 Å². The first-order chi connectivity index (χ1) is 28.0. The molecular weight excluding hydrogens is 689 g/mol. The highest BCUT2D eigenvalue weighted by Crippen LogP contribution is 2.51. The summed E-state index contributed by atoms with van der Waals surface area (Å²) in [7, 11) is 0. The van der Waals surface area contributed by atoms with Crippen LogP contribution in [0, 0.1) is 0 Å². The molecule has 57 heavy (non-hydrogen) atoms. The van der Waals surface area contributed by atoms with E-state index in [9.17, 15) is 0 Å². The Labute approximate surface area is 331 Å². The standard InChI is InChI=1S/C55H38N2/c1-55(2)48-20-10-8-18-42(48)44-34-54-47(33-49(44)55)46-32-39(26-30-53(46)57(54)50-22-12-16-37-15-6-7-17-41(37)50)38-25-29-52-45(31-38)43-19-9-11-21-51(43)56(52)40-27-23-36(24-28-40)35-13-4-3-5-14-35/h3-34H,1-2H3. The summed E-state index contributed by atoms with van der Waals surface area (Å²) in [5.74, 6) is 0. The van der Waals surface area contributed by atoms with Gasteiger partial charge in [0.15, 0.2) is 0 Å². The van der Waals surface area contributed by atoms with E-state index in [1.54, 1.807) is 0 Å². The fourth-order valence-electron chi connectivity index (χ4n) is 9.92. The number of fused-ring (bicyclic) bond motifs is 10. The molecule has 0 spiro atoms. The lowest BCUT2D eigenvalue weighted by Gasteiger charge is -2.21. The quantitative estimate of drug-likeness (QED) is 0.171. The van der Waals surface area contributed by atoms with Crippen molar-refractivity contribution in [1.82, 2.24) is 9.13 Å². The van der Waals surface area contributed by atoms with E-state index < -0.39 is 0 Å². The Morgan fingerprint density at radius 3 is 1.72 bits per heavy atom. The lowest BCUT2D eigenvalue weighted by Crippen LogP contribution is -2.14. The number of para-hydroxylation sites is 1. The largest absolute Gasteiger partial charge is 0.309 e. The van der Waals surface area contributed by atoms with Crippen LogP contribution in [0.5, 0.6) is 0 Å². The molecule has 2 heterocycles. The molecule has 0 fully saturated rings. The molecule has 0 bridgehead atoms. The number of hydrogen-bond acceptors (Lipinski definition) is 0. The van der Waals surface area contributed by atoms with Crippen LogP contribution >= 0.6 is 0 Å². The minimum Gasteiger partial charge on any atom is -0.309 e. The maximum atomic E-state index is 2.50. The molecule has 11 aromatic rings. The smallest absolute Gasteiger partial charge is 0.0547 e. The van der Waals surface area contributed by atoms with Crippen molar-refractivity contribution in [3.63, 3.8) is 0 Å². The van der Waals surface area contributed by atoms with Gasteiger partial charge in [-0.1, -0.05) is 147 Å². The summed E-state index contributed by atoms with van der Waals surface area (Å²) in [6.07, 6.45) is 0. The van der Waals surface area contributed by atoms with Gasteiger partial charge < -0.3 is 9.13 Å². The molecule has 0 saturated carbocycles. The van der Waals surface area contributed by atoms with Crippen LogP contribution in [0.15, 0.2) is 194 Å². The summed E-state index contributed by atoms with van der Waals surface area (Å²) in [5.41, 5.74) is 17.5. The zero-order valence-electron chi connectivity index (χ0n) is 31.9. The van der Waals surface area contributed by atoms with Crippen molar-refractivity contribution < 1.29 is 0 Å². The molecule has 0 atom stereocenters. The summed E-state index contributed by atoms with van der Waals surface area (Å²) in [5, 5.41) is 7.56. The van der Waals surface area contributed by atoms with Gasteiger partial charge in [0, 0.05) is 38.0 Å². The minimum absolute atomic E-state index is 0.0906. The molecule has 1 aliphatic carbocycles. The van der Waals surface area contributed by atoms with Crippen molar-refractivity contribution in [3.8, 4) is 44.8 Å². The number of nitrogens with zero attached hydrogens (tertiary/aromatic N) is 2. The predicted octanol–water partition coefficient (Wildman–Crippen LogP) is 14.7. The molecule has 0 N–H and O–H groups in total. The maximum absolute atomic E-state index is 2.50. The third kappa shape index (κ3) is 4.65. The van der Waals surface area contributed by atoms with Gasteiger partial charge in [-0.25, -0.2) is 0 Å². The molecule has 12 rings (SSSR count). The molecule has 0 amide bonds. The summed E-state index contributed by atoms with van der Waals surface area (Å²) in [6, 6.07) is 71.9. The monoisotopic (exact) mass is 726 g/mol. The van der Waals surface area contributed by atoms with Crippen LogP contribution in [0.1, 0.15) is 25.0 Å². The van der Waals surface area contributed by atoms with Gasteiger partial charge in [-0.2, -0.15) is 0 Å². The summed E-state index contributed by atoms with van der Waals surface area (Å²) in [6.45, 7) is 4.75. The fraction of sp³-hybridized carbons (Fsp3) is 0.0545. The fourth-order valence-corrected chi connectivity index (χ4v) is 9.92. The Morgan fingerprint density at radius 1 is 0.333 bits per heavy atom. The second kappa shape index (κ2) is 11.9. The Hall–Kier alpha value is -7.16. The summed E-state index contributed by atoms with van der Waals surface area (Å²) < 4.78 is 4.91. The Kier molecular flexibility index (Phi) is 6.72. The van der Waals surface area contributed by atoms with Gasteiger partial charge in [-0.15, -0.1) is 0 Å². The second-order valence-electron chi connectivity index (χ2n) is 16.1. The molecule has 268 valence electrons. The molecule has 1 aliphatic rings. The maximum Gasteiger partial charge on any atom is 0.0547 e. The molecule has 0 unspecified atom stereocenters. The molecule has 9 aromatic carbocycles. The Morgan fingerprint density at radius 2 is 0.912 bits per heavy atom. The zero-order chi connectivity index (χ0) is 37.8. The van der Waals surface area contributed by atoms with Gasteiger partial charge in [-0.3, -0.25) is 0 Å². The average molecular weight is 727 g/mol. The van der Waals surface area contributed by atoms with Gasteiger partial charge in [-0.05, 0) is 111 Å². The number of hydrogen-bond donors (Lipinski definition) is 0. The minimum atomic E-state index is -0.0906. The molecule has 2 heteroatoms.